The average Bonchev–Trinajstić information content (AvgIpc) is 2.93. The predicted octanol–water partition coefficient (Wildman–Crippen LogP) is 3.68. The van der Waals surface area contributed by atoms with Crippen LogP contribution in [0.1, 0.15) is 41.9 Å². The number of nitrogens with zero attached hydrogens (tertiary/aromatic N) is 2. The number of benzene rings is 1. The van der Waals surface area contributed by atoms with Crippen molar-refractivity contribution in [3.8, 4) is 0 Å². The molecule has 26 heavy (non-hydrogen) atoms. The number of carbonyl (C=O) groups is 1. The molecule has 6 nitrogen and oxygen atoms in total. The highest BCUT2D eigenvalue weighted by atomic mass is 16.4. The second kappa shape index (κ2) is 7.15. The van der Waals surface area contributed by atoms with Gasteiger partial charge in [-0.3, -0.25) is 9.48 Å². The van der Waals surface area contributed by atoms with Crippen molar-refractivity contribution in [2.45, 2.75) is 33.6 Å². The van der Waals surface area contributed by atoms with Crippen LogP contribution in [0.5, 0.6) is 0 Å². The minimum atomic E-state index is -0.594. The Kier molecular flexibility index (Phi) is 4.93. The summed E-state index contributed by atoms with van der Waals surface area (Å²) in [7, 11) is 1.86. The summed E-state index contributed by atoms with van der Waals surface area (Å²) in [4.78, 5) is 24.9. The molecule has 3 rings (SSSR count). The van der Waals surface area contributed by atoms with Crippen molar-refractivity contribution in [1.29, 1.82) is 0 Å². The Morgan fingerprint density at radius 3 is 2.77 bits per heavy atom. The number of anilines is 1. The summed E-state index contributed by atoms with van der Waals surface area (Å²) >= 11 is 0. The van der Waals surface area contributed by atoms with E-state index in [1.807, 2.05) is 19.2 Å². The minimum absolute atomic E-state index is 0.0459. The van der Waals surface area contributed by atoms with Gasteiger partial charge in [-0.2, -0.15) is 5.10 Å². The van der Waals surface area contributed by atoms with Gasteiger partial charge >= 0.3 is 5.63 Å². The first-order chi connectivity index (χ1) is 12.3. The van der Waals surface area contributed by atoms with Gasteiger partial charge in [-0.25, -0.2) is 4.79 Å². The van der Waals surface area contributed by atoms with Crippen LogP contribution in [0.2, 0.25) is 0 Å². The highest BCUT2D eigenvalue weighted by molar-refractivity contribution is 6.05. The van der Waals surface area contributed by atoms with Gasteiger partial charge in [0.05, 0.1) is 11.7 Å². The number of hydrogen-bond donors (Lipinski definition) is 1. The molecule has 0 bridgehead atoms. The Morgan fingerprint density at radius 2 is 2.08 bits per heavy atom. The molecular formula is C20H23N3O3. The van der Waals surface area contributed by atoms with E-state index in [1.165, 1.54) is 0 Å². The predicted molar refractivity (Wildman–Crippen MR) is 102 cm³/mol. The lowest BCUT2D eigenvalue weighted by atomic mass is 10.0. The third-order valence-corrected chi connectivity index (χ3v) is 4.40. The van der Waals surface area contributed by atoms with E-state index in [4.69, 9.17) is 4.42 Å². The van der Waals surface area contributed by atoms with Crippen LogP contribution in [-0.2, 0) is 13.5 Å². The Bertz CT molecular complexity index is 1010. The van der Waals surface area contributed by atoms with Gasteiger partial charge in [0.2, 0.25) is 0 Å². The van der Waals surface area contributed by atoms with Crippen LogP contribution in [0.4, 0.5) is 5.69 Å². The zero-order chi connectivity index (χ0) is 18.8. The van der Waals surface area contributed by atoms with Crippen molar-refractivity contribution < 1.29 is 9.21 Å². The maximum absolute atomic E-state index is 12.6. The highest BCUT2D eigenvalue weighted by Crippen LogP contribution is 2.19. The van der Waals surface area contributed by atoms with Gasteiger partial charge in [0, 0.05) is 24.5 Å². The van der Waals surface area contributed by atoms with Crippen molar-refractivity contribution in [2.75, 3.05) is 5.32 Å². The standard InChI is InChI=1S/C20H23N3O3/c1-12(2)5-7-16-9-13(3)18(20(25)26-16)19(24)22-15-6-8-17-14(10-15)11-21-23(17)4/h6,8-12H,5,7H2,1-4H3,(H,22,24). The van der Waals surface area contributed by atoms with E-state index in [0.29, 0.717) is 29.3 Å². The first kappa shape index (κ1) is 17.9. The highest BCUT2D eigenvalue weighted by Gasteiger charge is 2.17. The lowest BCUT2D eigenvalue weighted by Crippen LogP contribution is -2.23. The maximum atomic E-state index is 12.6. The van der Waals surface area contributed by atoms with Crippen LogP contribution in [0, 0.1) is 12.8 Å². The fourth-order valence-corrected chi connectivity index (χ4v) is 2.94. The van der Waals surface area contributed by atoms with E-state index in [-0.39, 0.29) is 5.56 Å². The Labute approximate surface area is 151 Å². The van der Waals surface area contributed by atoms with E-state index in [9.17, 15) is 9.59 Å². The number of amides is 1. The number of rotatable bonds is 5. The third kappa shape index (κ3) is 3.69. The zero-order valence-electron chi connectivity index (χ0n) is 15.5. The molecule has 6 heteroatoms. The molecule has 0 unspecified atom stereocenters. The summed E-state index contributed by atoms with van der Waals surface area (Å²) < 4.78 is 7.10. The molecule has 2 heterocycles. The number of aryl methyl sites for hydroxylation is 3. The van der Waals surface area contributed by atoms with Crippen LogP contribution in [0.3, 0.4) is 0 Å². The van der Waals surface area contributed by atoms with E-state index in [2.05, 4.69) is 24.3 Å². The van der Waals surface area contributed by atoms with Gasteiger partial charge in [-0.1, -0.05) is 13.8 Å². The number of aromatic nitrogens is 2. The summed E-state index contributed by atoms with van der Waals surface area (Å²) in [5, 5.41) is 7.87. The topological polar surface area (TPSA) is 77.1 Å². The lowest BCUT2D eigenvalue weighted by Gasteiger charge is -2.09. The normalized spacial score (nSPS) is 11.3. The van der Waals surface area contributed by atoms with Crippen LogP contribution >= 0.6 is 0 Å². The van der Waals surface area contributed by atoms with Gasteiger partial charge in [0.25, 0.3) is 5.91 Å². The number of nitrogens with one attached hydrogen (secondary N) is 1. The van der Waals surface area contributed by atoms with Gasteiger partial charge < -0.3 is 9.73 Å². The van der Waals surface area contributed by atoms with E-state index >= 15 is 0 Å². The number of carbonyl (C=O) groups excluding carboxylic acids is 1. The molecule has 1 amide bonds. The van der Waals surface area contributed by atoms with Crippen LogP contribution < -0.4 is 10.9 Å². The van der Waals surface area contributed by atoms with E-state index in [1.54, 1.807) is 29.9 Å². The molecule has 1 aromatic carbocycles. The average molecular weight is 353 g/mol. The van der Waals surface area contributed by atoms with Gasteiger partial charge in [0.15, 0.2) is 0 Å². The summed E-state index contributed by atoms with van der Waals surface area (Å²) in [5.41, 5.74) is 1.65. The Balaban J connectivity index is 1.83. The molecule has 0 saturated heterocycles. The first-order valence-corrected chi connectivity index (χ1v) is 8.72. The van der Waals surface area contributed by atoms with Crippen LogP contribution in [-0.4, -0.2) is 15.7 Å². The fourth-order valence-electron chi connectivity index (χ4n) is 2.94. The minimum Gasteiger partial charge on any atom is -0.427 e. The van der Waals surface area contributed by atoms with Crippen LogP contribution in [0.25, 0.3) is 10.9 Å². The largest absolute Gasteiger partial charge is 0.427 e. The van der Waals surface area contributed by atoms with Crippen molar-refractivity contribution >= 4 is 22.5 Å². The number of hydrogen-bond acceptors (Lipinski definition) is 4. The summed E-state index contributed by atoms with van der Waals surface area (Å²) in [6.45, 7) is 5.99. The smallest absolute Gasteiger partial charge is 0.349 e. The van der Waals surface area contributed by atoms with Crippen molar-refractivity contribution in [2.24, 2.45) is 13.0 Å². The van der Waals surface area contributed by atoms with Crippen molar-refractivity contribution in [3.05, 3.63) is 57.8 Å². The molecule has 0 fully saturated rings. The Hall–Kier alpha value is -2.89. The molecule has 0 spiro atoms. The molecular weight excluding hydrogens is 330 g/mol. The third-order valence-electron chi connectivity index (χ3n) is 4.40. The van der Waals surface area contributed by atoms with Gasteiger partial charge in [0.1, 0.15) is 11.3 Å². The molecule has 0 aliphatic rings. The molecule has 0 aliphatic carbocycles. The molecule has 136 valence electrons. The summed E-state index contributed by atoms with van der Waals surface area (Å²) in [5.74, 6) is 0.676. The second-order valence-electron chi connectivity index (χ2n) is 6.99. The van der Waals surface area contributed by atoms with Crippen molar-refractivity contribution in [1.82, 2.24) is 9.78 Å². The van der Waals surface area contributed by atoms with Crippen molar-refractivity contribution in [3.63, 3.8) is 0 Å². The monoisotopic (exact) mass is 353 g/mol. The van der Waals surface area contributed by atoms with E-state index < -0.39 is 11.5 Å². The molecule has 2 aromatic heterocycles. The molecule has 0 atom stereocenters. The summed E-state index contributed by atoms with van der Waals surface area (Å²) in [6.07, 6.45) is 3.35. The van der Waals surface area contributed by atoms with Crippen LogP contribution in [0.15, 0.2) is 39.7 Å². The molecule has 1 N–H and O–H groups in total. The van der Waals surface area contributed by atoms with Gasteiger partial charge in [-0.15, -0.1) is 0 Å². The zero-order valence-corrected chi connectivity index (χ0v) is 15.5. The SMILES string of the molecule is Cc1cc(CCC(C)C)oc(=O)c1C(=O)Nc1ccc2c(cnn2C)c1. The van der Waals surface area contributed by atoms with E-state index in [0.717, 1.165) is 17.3 Å². The summed E-state index contributed by atoms with van der Waals surface area (Å²) in [6, 6.07) is 7.27. The molecule has 0 radical (unpaired) electrons. The second-order valence-corrected chi connectivity index (χ2v) is 6.99. The Morgan fingerprint density at radius 1 is 1.31 bits per heavy atom. The van der Waals surface area contributed by atoms with Gasteiger partial charge in [-0.05, 0) is 49.1 Å². The first-order valence-electron chi connectivity index (χ1n) is 8.72. The number of fused-ring (bicyclic) bond motifs is 1. The fraction of sp³-hybridized carbons (Fsp3) is 0.350. The molecule has 0 aliphatic heterocycles. The quantitative estimate of drug-likeness (QED) is 0.759. The molecule has 3 aromatic rings. The molecule has 0 saturated carbocycles. The maximum Gasteiger partial charge on any atom is 0.349 e. The lowest BCUT2D eigenvalue weighted by molar-refractivity contribution is 0.102.